The molecule has 0 fully saturated rings. The molecule has 0 saturated carbocycles. The Bertz CT molecular complexity index is 1020. The molecule has 0 amide bonds. The van der Waals surface area contributed by atoms with Crippen molar-refractivity contribution in [2.75, 3.05) is 19.5 Å². The average Bonchev–Trinajstić information content (AvgIpc) is 3.31. The van der Waals surface area contributed by atoms with Gasteiger partial charge in [0.05, 0.1) is 12.4 Å². The molecule has 7 nitrogen and oxygen atoms in total. The third-order valence-corrected chi connectivity index (χ3v) is 5.45. The highest BCUT2D eigenvalue weighted by molar-refractivity contribution is 7.99. The fraction of sp³-hybridized carbons (Fsp3) is 0.381. The van der Waals surface area contributed by atoms with Crippen molar-refractivity contribution < 1.29 is 23.1 Å². The molecule has 0 aliphatic rings. The van der Waals surface area contributed by atoms with Gasteiger partial charge in [0.15, 0.2) is 23.5 Å². The number of hydrogen-bond donors (Lipinski definition) is 0. The fourth-order valence-electron chi connectivity index (χ4n) is 3.04. The van der Waals surface area contributed by atoms with E-state index in [0.29, 0.717) is 18.7 Å². The molecule has 0 bridgehead atoms. The van der Waals surface area contributed by atoms with Gasteiger partial charge in [-0.15, -0.1) is 10.2 Å². The number of nitrogens with zero attached hydrogens (tertiary/aromatic N) is 3. The van der Waals surface area contributed by atoms with Gasteiger partial charge in [0.2, 0.25) is 0 Å². The second kappa shape index (κ2) is 9.90. The number of aromatic nitrogens is 3. The molecule has 0 unspecified atom stereocenters. The summed E-state index contributed by atoms with van der Waals surface area (Å²) in [6, 6.07) is 7.99. The van der Waals surface area contributed by atoms with Crippen LogP contribution in [0.2, 0.25) is 0 Å². The zero-order valence-corrected chi connectivity index (χ0v) is 18.2. The number of benzene rings is 1. The molecule has 2 aromatic heterocycles. The zero-order valence-electron chi connectivity index (χ0n) is 17.3. The first-order valence-corrected chi connectivity index (χ1v) is 10.5. The van der Waals surface area contributed by atoms with Gasteiger partial charge in [0.25, 0.3) is 11.1 Å². The Kier molecular flexibility index (Phi) is 7.28. The van der Waals surface area contributed by atoms with Gasteiger partial charge < -0.3 is 18.5 Å². The quantitative estimate of drug-likeness (QED) is 0.347. The summed E-state index contributed by atoms with van der Waals surface area (Å²) < 4.78 is 32.0. The van der Waals surface area contributed by atoms with Gasteiger partial charge in [-0.2, -0.15) is 0 Å². The molecule has 3 rings (SSSR count). The molecule has 30 heavy (non-hydrogen) atoms. The lowest BCUT2D eigenvalue weighted by Gasteiger charge is -2.11. The van der Waals surface area contributed by atoms with Crippen LogP contribution in [0.5, 0.6) is 5.75 Å². The molecule has 2 heterocycles. The van der Waals surface area contributed by atoms with E-state index in [4.69, 9.17) is 13.9 Å². The summed E-state index contributed by atoms with van der Waals surface area (Å²) in [4.78, 5) is 12.7. The smallest absolute Gasteiger partial charge is 0.277 e. The second-order valence-electron chi connectivity index (χ2n) is 6.74. The van der Waals surface area contributed by atoms with Gasteiger partial charge in [-0.3, -0.25) is 4.79 Å². The first-order valence-electron chi connectivity index (χ1n) is 9.47. The van der Waals surface area contributed by atoms with E-state index in [1.54, 1.807) is 26.2 Å². The number of ketones is 1. The van der Waals surface area contributed by atoms with Crippen LogP contribution in [0.15, 0.2) is 40.0 Å². The van der Waals surface area contributed by atoms with Crippen LogP contribution in [0.3, 0.4) is 0 Å². The van der Waals surface area contributed by atoms with Gasteiger partial charge in [-0.05, 0) is 39.0 Å². The molecule has 0 N–H and O–H groups in total. The molecule has 1 aromatic carbocycles. The Balaban J connectivity index is 1.60. The first-order chi connectivity index (χ1) is 14.4. The molecule has 0 saturated heterocycles. The largest absolute Gasteiger partial charge is 0.478 e. The third kappa shape index (κ3) is 5.09. The number of para-hydroxylation sites is 1. The van der Waals surface area contributed by atoms with Crippen LogP contribution in [-0.2, 0) is 11.3 Å². The van der Waals surface area contributed by atoms with Crippen LogP contribution < -0.4 is 4.74 Å². The SMILES string of the molecule is COCCn1c(C)cc(C(=O)CSc2nnc([C@H](C)Oc3ccccc3F)o2)c1C. The van der Waals surface area contributed by atoms with E-state index >= 15 is 0 Å². The number of hydrogen-bond acceptors (Lipinski definition) is 7. The highest BCUT2D eigenvalue weighted by Gasteiger charge is 2.20. The number of rotatable bonds is 10. The summed E-state index contributed by atoms with van der Waals surface area (Å²) in [5, 5.41) is 8.16. The Hall–Kier alpha value is -2.65. The van der Waals surface area contributed by atoms with Crippen LogP contribution in [0.25, 0.3) is 0 Å². The highest BCUT2D eigenvalue weighted by atomic mass is 32.2. The number of aryl methyl sites for hydroxylation is 1. The fourth-order valence-corrected chi connectivity index (χ4v) is 3.69. The maximum absolute atomic E-state index is 13.7. The number of thioether (sulfide) groups is 1. The minimum absolute atomic E-state index is 0.0211. The van der Waals surface area contributed by atoms with Crippen molar-refractivity contribution in [3.63, 3.8) is 0 Å². The second-order valence-corrected chi connectivity index (χ2v) is 7.66. The lowest BCUT2D eigenvalue weighted by Crippen LogP contribution is -2.09. The lowest BCUT2D eigenvalue weighted by molar-refractivity contribution is 0.102. The van der Waals surface area contributed by atoms with E-state index in [2.05, 4.69) is 14.8 Å². The molecular weight excluding hydrogens is 409 g/mol. The maximum atomic E-state index is 13.7. The average molecular weight is 434 g/mol. The van der Waals surface area contributed by atoms with Crippen molar-refractivity contribution in [2.24, 2.45) is 0 Å². The van der Waals surface area contributed by atoms with Crippen LogP contribution >= 0.6 is 11.8 Å². The molecule has 0 aliphatic heterocycles. The summed E-state index contributed by atoms with van der Waals surface area (Å²) >= 11 is 1.16. The number of methoxy groups -OCH3 is 1. The summed E-state index contributed by atoms with van der Waals surface area (Å²) in [5.41, 5.74) is 2.59. The van der Waals surface area contributed by atoms with Crippen LogP contribution in [-0.4, -0.2) is 40.0 Å². The molecule has 1 atom stereocenters. The Labute approximate surface area is 178 Å². The highest BCUT2D eigenvalue weighted by Crippen LogP contribution is 2.26. The minimum Gasteiger partial charge on any atom is -0.478 e. The summed E-state index contributed by atoms with van der Waals surface area (Å²) in [7, 11) is 1.65. The van der Waals surface area contributed by atoms with Crippen molar-refractivity contribution >= 4 is 17.5 Å². The molecule has 0 radical (unpaired) electrons. The maximum Gasteiger partial charge on any atom is 0.277 e. The Morgan fingerprint density at radius 2 is 2.07 bits per heavy atom. The summed E-state index contributed by atoms with van der Waals surface area (Å²) in [6.45, 7) is 6.85. The number of carbonyl (C=O) groups excluding carboxylic acids is 1. The number of Topliss-reactive ketones (excluding diaryl/α,β-unsaturated/α-hetero) is 1. The van der Waals surface area contributed by atoms with Crippen molar-refractivity contribution in [1.29, 1.82) is 0 Å². The minimum atomic E-state index is -0.626. The predicted molar refractivity (Wildman–Crippen MR) is 111 cm³/mol. The molecule has 9 heteroatoms. The summed E-state index contributed by atoms with van der Waals surface area (Å²) in [6.07, 6.45) is -0.626. The number of halogens is 1. The number of carbonyl (C=O) groups is 1. The zero-order chi connectivity index (χ0) is 21.7. The molecular formula is C21H24FN3O4S. The Morgan fingerprint density at radius 3 is 2.80 bits per heavy atom. The van der Waals surface area contributed by atoms with Crippen molar-refractivity contribution in [3.05, 3.63) is 59.0 Å². The first kappa shape index (κ1) is 22.0. The van der Waals surface area contributed by atoms with E-state index in [1.807, 2.05) is 19.9 Å². The topological polar surface area (TPSA) is 79.4 Å². The van der Waals surface area contributed by atoms with Gasteiger partial charge in [-0.25, -0.2) is 4.39 Å². The van der Waals surface area contributed by atoms with Crippen molar-refractivity contribution in [1.82, 2.24) is 14.8 Å². The van der Waals surface area contributed by atoms with Gasteiger partial charge in [-0.1, -0.05) is 23.9 Å². The van der Waals surface area contributed by atoms with E-state index in [9.17, 15) is 9.18 Å². The summed E-state index contributed by atoms with van der Waals surface area (Å²) in [5.74, 6) is 0.000329. The van der Waals surface area contributed by atoms with Gasteiger partial charge >= 0.3 is 0 Å². The van der Waals surface area contributed by atoms with E-state index in [0.717, 1.165) is 23.1 Å². The number of ether oxygens (including phenoxy) is 2. The van der Waals surface area contributed by atoms with Gasteiger partial charge in [0.1, 0.15) is 0 Å². The standard InChI is InChI=1S/C21H24FN3O4S/c1-13-11-16(14(2)25(13)9-10-27-4)18(26)12-30-21-24-23-20(29-21)15(3)28-19-8-6-5-7-17(19)22/h5-8,11,15H,9-10,12H2,1-4H3/t15-/m0/s1. The normalized spacial score (nSPS) is 12.2. The van der Waals surface area contributed by atoms with E-state index in [1.165, 1.54) is 12.1 Å². The molecule has 0 aliphatic carbocycles. The lowest BCUT2D eigenvalue weighted by atomic mass is 10.2. The molecule has 0 spiro atoms. The monoisotopic (exact) mass is 433 g/mol. The van der Waals surface area contributed by atoms with Crippen molar-refractivity contribution in [3.8, 4) is 5.75 Å². The molecule has 3 aromatic rings. The predicted octanol–water partition coefficient (Wildman–Crippen LogP) is 4.39. The van der Waals surface area contributed by atoms with Crippen LogP contribution in [0, 0.1) is 19.7 Å². The van der Waals surface area contributed by atoms with Crippen molar-refractivity contribution in [2.45, 2.75) is 38.6 Å². The van der Waals surface area contributed by atoms with Crippen LogP contribution in [0.1, 0.15) is 40.7 Å². The van der Waals surface area contributed by atoms with E-state index in [-0.39, 0.29) is 28.4 Å². The van der Waals surface area contributed by atoms with Crippen LogP contribution in [0.4, 0.5) is 4.39 Å². The Morgan fingerprint density at radius 1 is 1.30 bits per heavy atom. The van der Waals surface area contributed by atoms with Gasteiger partial charge in [0, 0.05) is 30.6 Å². The third-order valence-electron chi connectivity index (χ3n) is 4.63. The molecule has 160 valence electrons. The van der Waals surface area contributed by atoms with E-state index < -0.39 is 11.9 Å².